The number of carbonyl (C=O) groups is 1. The van der Waals surface area contributed by atoms with Crippen molar-refractivity contribution in [1.29, 1.82) is 0 Å². The number of rotatable bonds is 5. The van der Waals surface area contributed by atoms with Gasteiger partial charge in [-0.05, 0) is 49.4 Å². The van der Waals surface area contributed by atoms with Crippen LogP contribution in [0.4, 0.5) is 5.69 Å². The first-order chi connectivity index (χ1) is 16.6. The fraction of sp³-hybridized carbons (Fsp3) is 0.0370. The number of amides is 1. The average Bonchev–Trinajstić information content (AvgIpc) is 3.35. The molecule has 166 valence electrons. The molecule has 0 spiro atoms. The van der Waals surface area contributed by atoms with Gasteiger partial charge < -0.3 is 9.73 Å². The van der Waals surface area contributed by atoms with Gasteiger partial charge in [0.05, 0.1) is 16.6 Å². The number of anilines is 1. The van der Waals surface area contributed by atoms with Crippen molar-refractivity contribution in [2.75, 3.05) is 5.32 Å². The van der Waals surface area contributed by atoms with Gasteiger partial charge in [0.1, 0.15) is 16.9 Å². The first-order valence-electron chi connectivity index (χ1n) is 10.5. The second kappa shape index (κ2) is 9.25. The molecule has 6 nitrogen and oxygen atoms in total. The SMILES string of the molecule is Cc1ccc2occ(/C=C/C(=O)Nc3cccc(-c4csc(-c5ccncc5)n4)c3)c(=O)c2c1. The van der Waals surface area contributed by atoms with E-state index in [-0.39, 0.29) is 11.3 Å². The number of nitrogens with zero attached hydrogens (tertiary/aromatic N) is 2. The molecule has 0 aliphatic heterocycles. The van der Waals surface area contributed by atoms with E-state index >= 15 is 0 Å². The van der Waals surface area contributed by atoms with E-state index in [1.807, 2.05) is 48.7 Å². The lowest BCUT2D eigenvalue weighted by Crippen LogP contribution is -2.09. The second-order valence-electron chi connectivity index (χ2n) is 7.70. The van der Waals surface area contributed by atoms with E-state index in [9.17, 15) is 9.59 Å². The van der Waals surface area contributed by atoms with Crippen molar-refractivity contribution in [2.45, 2.75) is 6.92 Å². The highest BCUT2D eigenvalue weighted by molar-refractivity contribution is 7.13. The number of hydrogen-bond donors (Lipinski definition) is 1. The molecular formula is C27H19N3O3S. The van der Waals surface area contributed by atoms with Gasteiger partial charge in [-0.2, -0.15) is 0 Å². The smallest absolute Gasteiger partial charge is 0.248 e. The number of benzene rings is 2. The Hall–Kier alpha value is -4.36. The molecule has 1 N–H and O–H groups in total. The number of aromatic nitrogens is 2. The number of carbonyl (C=O) groups excluding carboxylic acids is 1. The number of hydrogen-bond acceptors (Lipinski definition) is 6. The lowest BCUT2D eigenvalue weighted by Gasteiger charge is -2.04. The van der Waals surface area contributed by atoms with Crippen molar-refractivity contribution >= 4 is 40.0 Å². The molecule has 0 bridgehead atoms. The Bertz CT molecular complexity index is 1590. The van der Waals surface area contributed by atoms with E-state index in [0.717, 1.165) is 27.4 Å². The van der Waals surface area contributed by atoms with Crippen LogP contribution in [0.2, 0.25) is 0 Å². The molecule has 7 heteroatoms. The summed E-state index contributed by atoms with van der Waals surface area (Å²) in [6, 6.07) is 16.7. The lowest BCUT2D eigenvalue weighted by molar-refractivity contribution is -0.111. The van der Waals surface area contributed by atoms with Crippen LogP contribution in [0.3, 0.4) is 0 Å². The highest BCUT2D eigenvalue weighted by atomic mass is 32.1. The number of pyridine rings is 1. The van der Waals surface area contributed by atoms with E-state index in [0.29, 0.717) is 22.2 Å². The van der Waals surface area contributed by atoms with Gasteiger partial charge in [0.2, 0.25) is 5.91 Å². The highest BCUT2D eigenvalue weighted by Gasteiger charge is 2.09. The first-order valence-corrected chi connectivity index (χ1v) is 11.4. The predicted molar refractivity (Wildman–Crippen MR) is 136 cm³/mol. The van der Waals surface area contributed by atoms with Gasteiger partial charge in [0.25, 0.3) is 0 Å². The number of aryl methyl sites for hydroxylation is 1. The fourth-order valence-corrected chi connectivity index (χ4v) is 4.35. The van der Waals surface area contributed by atoms with Crippen LogP contribution in [0, 0.1) is 6.92 Å². The van der Waals surface area contributed by atoms with E-state index in [1.165, 1.54) is 18.4 Å². The molecule has 3 aromatic heterocycles. The zero-order valence-electron chi connectivity index (χ0n) is 18.2. The van der Waals surface area contributed by atoms with Crippen molar-refractivity contribution in [1.82, 2.24) is 9.97 Å². The molecular weight excluding hydrogens is 446 g/mol. The van der Waals surface area contributed by atoms with Crippen LogP contribution in [0.15, 0.2) is 93.9 Å². The second-order valence-corrected chi connectivity index (χ2v) is 8.56. The van der Waals surface area contributed by atoms with E-state index in [2.05, 4.69) is 10.3 Å². The maximum absolute atomic E-state index is 12.7. The predicted octanol–water partition coefficient (Wildman–Crippen LogP) is 5.94. The van der Waals surface area contributed by atoms with Crippen LogP contribution in [0.1, 0.15) is 11.1 Å². The number of thiazole rings is 1. The molecule has 0 saturated carbocycles. The van der Waals surface area contributed by atoms with Crippen LogP contribution in [-0.4, -0.2) is 15.9 Å². The first kappa shape index (κ1) is 21.5. The Kier molecular flexibility index (Phi) is 5.84. The minimum Gasteiger partial charge on any atom is -0.463 e. The van der Waals surface area contributed by atoms with Gasteiger partial charge in [-0.25, -0.2) is 4.98 Å². The molecule has 0 aliphatic carbocycles. The normalized spacial score (nSPS) is 11.2. The molecule has 1 amide bonds. The van der Waals surface area contributed by atoms with Gasteiger partial charge in [-0.1, -0.05) is 23.8 Å². The minimum absolute atomic E-state index is 0.176. The van der Waals surface area contributed by atoms with Crippen molar-refractivity contribution in [2.24, 2.45) is 0 Å². The van der Waals surface area contributed by atoms with Gasteiger partial charge >= 0.3 is 0 Å². The van der Waals surface area contributed by atoms with Crippen LogP contribution in [-0.2, 0) is 4.79 Å². The van der Waals surface area contributed by atoms with Crippen molar-refractivity contribution in [3.8, 4) is 21.8 Å². The monoisotopic (exact) mass is 465 g/mol. The third-order valence-electron chi connectivity index (χ3n) is 5.23. The van der Waals surface area contributed by atoms with Gasteiger partial charge in [0.15, 0.2) is 5.43 Å². The average molecular weight is 466 g/mol. The zero-order chi connectivity index (χ0) is 23.5. The summed E-state index contributed by atoms with van der Waals surface area (Å²) in [5, 5.41) is 6.21. The Balaban J connectivity index is 1.32. The van der Waals surface area contributed by atoms with E-state index in [1.54, 1.807) is 41.9 Å². The van der Waals surface area contributed by atoms with E-state index in [4.69, 9.17) is 9.40 Å². The highest BCUT2D eigenvalue weighted by Crippen LogP contribution is 2.29. The minimum atomic E-state index is -0.350. The molecule has 2 aromatic carbocycles. The Morgan fingerprint density at radius 1 is 1.06 bits per heavy atom. The largest absolute Gasteiger partial charge is 0.463 e. The van der Waals surface area contributed by atoms with E-state index < -0.39 is 0 Å². The summed E-state index contributed by atoms with van der Waals surface area (Å²) in [4.78, 5) is 34.0. The quantitative estimate of drug-likeness (QED) is 0.325. The molecule has 5 rings (SSSR count). The summed E-state index contributed by atoms with van der Waals surface area (Å²) in [5.41, 5.74) is 4.98. The van der Waals surface area contributed by atoms with Crippen LogP contribution in [0.5, 0.6) is 0 Å². The summed E-state index contributed by atoms with van der Waals surface area (Å²) >= 11 is 1.55. The maximum Gasteiger partial charge on any atom is 0.248 e. The van der Waals surface area contributed by atoms with Crippen LogP contribution in [0.25, 0.3) is 38.9 Å². The maximum atomic E-state index is 12.7. The summed E-state index contributed by atoms with van der Waals surface area (Å²) in [7, 11) is 0. The van der Waals surface area contributed by atoms with Gasteiger partial charge in [-0.3, -0.25) is 14.6 Å². The molecule has 5 aromatic rings. The van der Waals surface area contributed by atoms with Gasteiger partial charge in [0, 0.05) is 40.7 Å². The molecule has 0 radical (unpaired) electrons. The lowest BCUT2D eigenvalue weighted by atomic mass is 10.1. The molecule has 34 heavy (non-hydrogen) atoms. The molecule has 0 fully saturated rings. The molecule has 0 saturated heterocycles. The third-order valence-corrected chi connectivity index (χ3v) is 6.12. The molecule has 0 atom stereocenters. The summed E-state index contributed by atoms with van der Waals surface area (Å²) in [6.45, 7) is 1.91. The molecule has 0 aliphatic rings. The summed E-state index contributed by atoms with van der Waals surface area (Å²) < 4.78 is 5.54. The summed E-state index contributed by atoms with van der Waals surface area (Å²) in [5.74, 6) is -0.350. The standard InChI is InChI=1S/C27H19N3O3S/c1-17-5-7-24-22(13-17)26(32)20(15-33-24)6-8-25(31)29-21-4-2-3-19(14-21)23-16-34-27(30-23)18-9-11-28-12-10-18/h2-16H,1H3,(H,29,31)/b8-6+. The Morgan fingerprint density at radius 2 is 1.91 bits per heavy atom. The Labute approximate surface area is 199 Å². The van der Waals surface area contributed by atoms with Crippen molar-refractivity contribution in [3.63, 3.8) is 0 Å². The third kappa shape index (κ3) is 4.55. The summed E-state index contributed by atoms with van der Waals surface area (Å²) in [6.07, 6.45) is 7.64. The zero-order valence-corrected chi connectivity index (χ0v) is 19.0. The van der Waals surface area contributed by atoms with Crippen molar-refractivity contribution < 1.29 is 9.21 Å². The van der Waals surface area contributed by atoms with Crippen molar-refractivity contribution in [3.05, 3.63) is 106 Å². The van der Waals surface area contributed by atoms with Gasteiger partial charge in [-0.15, -0.1) is 11.3 Å². The number of nitrogens with one attached hydrogen (secondary N) is 1. The van der Waals surface area contributed by atoms with Crippen LogP contribution >= 0.6 is 11.3 Å². The molecule has 3 heterocycles. The number of fused-ring (bicyclic) bond motifs is 1. The fourth-order valence-electron chi connectivity index (χ4n) is 3.51. The molecule has 0 unspecified atom stereocenters. The Morgan fingerprint density at radius 3 is 2.76 bits per heavy atom. The topological polar surface area (TPSA) is 85.1 Å². The van der Waals surface area contributed by atoms with Crippen LogP contribution < -0.4 is 10.7 Å².